The third-order valence-corrected chi connectivity index (χ3v) is 5.96. The number of aryl methyl sites for hydroxylation is 2. The van der Waals surface area contributed by atoms with Gasteiger partial charge >= 0.3 is 5.63 Å². The van der Waals surface area contributed by atoms with E-state index < -0.39 is 0 Å². The second-order valence-corrected chi connectivity index (χ2v) is 7.97. The van der Waals surface area contributed by atoms with E-state index in [0.29, 0.717) is 30.8 Å². The Morgan fingerprint density at radius 2 is 1.81 bits per heavy atom. The molecule has 5 rings (SSSR count). The topological polar surface area (TPSA) is 42.7 Å². The molecule has 0 unspecified atom stereocenters. The van der Waals surface area contributed by atoms with Crippen LogP contribution in [0.1, 0.15) is 27.8 Å². The molecule has 3 aromatic carbocycles. The van der Waals surface area contributed by atoms with Gasteiger partial charge in [0.2, 0.25) is 0 Å². The van der Waals surface area contributed by atoms with Crippen LogP contribution in [0.4, 0.5) is 10.1 Å². The van der Waals surface area contributed by atoms with Gasteiger partial charge in [0, 0.05) is 40.7 Å². The van der Waals surface area contributed by atoms with Crippen molar-refractivity contribution in [3.63, 3.8) is 0 Å². The molecule has 2 heterocycles. The summed E-state index contributed by atoms with van der Waals surface area (Å²) in [4.78, 5) is 14.8. The fourth-order valence-corrected chi connectivity index (χ4v) is 4.29. The van der Waals surface area contributed by atoms with E-state index in [1.54, 1.807) is 6.07 Å². The van der Waals surface area contributed by atoms with Gasteiger partial charge in [-0.1, -0.05) is 36.4 Å². The molecule has 0 fully saturated rings. The van der Waals surface area contributed by atoms with Crippen molar-refractivity contribution in [2.75, 3.05) is 11.6 Å². The van der Waals surface area contributed by atoms with Crippen molar-refractivity contribution in [1.29, 1.82) is 0 Å². The Morgan fingerprint density at radius 1 is 1.00 bits per heavy atom. The van der Waals surface area contributed by atoms with E-state index in [0.717, 1.165) is 39.1 Å². The minimum absolute atomic E-state index is 0.277. The van der Waals surface area contributed by atoms with Crippen LogP contribution >= 0.6 is 0 Å². The molecule has 4 nitrogen and oxygen atoms in total. The summed E-state index contributed by atoms with van der Waals surface area (Å²) in [6.07, 6.45) is 0.521. The molecular weight excluding hydrogens is 393 g/mol. The van der Waals surface area contributed by atoms with E-state index in [4.69, 9.17) is 9.15 Å². The molecular formula is C26H22FNO3. The zero-order valence-electron chi connectivity index (χ0n) is 17.4. The second kappa shape index (κ2) is 7.58. The van der Waals surface area contributed by atoms with Gasteiger partial charge in [0.05, 0.1) is 0 Å². The molecule has 0 radical (unpaired) electrons. The standard InChI is InChI=1S/C26H22FNO3/c1-16-22-12-19-14-28(21-10-6-9-20(27)13-21)15-30-24(19)17(2)25(22)31-26(29)23(16)11-18-7-4-3-5-8-18/h3-10,12-13H,11,14-15H2,1-2H3. The highest BCUT2D eigenvalue weighted by atomic mass is 19.1. The second-order valence-electron chi connectivity index (χ2n) is 7.97. The minimum atomic E-state index is -0.311. The van der Waals surface area contributed by atoms with Crippen molar-refractivity contribution in [3.8, 4) is 5.75 Å². The van der Waals surface area contributed by atoms with Crippen LogP contribution in [-0.2, 0) is 13.0 Å². The van der Waals surface area contributed by atoms with E-state index >= 15 is 0 Å². The van der Waals surface area contributed by atoms with Gasteiger partial charge in [-0.15, -0.1) is 0 Å². The Labute approximate surface area is 179 Å². The fraction of sp³-hybridized carbons (Fsp3) is 0.192. The molecule has 5 heteroatoms. The molecule has 0 atom stereocenters. The van der Waals surface area contributed by atoms with Gasteiger partial charge in [0.15, 0.2) is 6.73 Å². The average molecular weight is 415 g/mol. The van der Waals surface area contributed by atoms with E-state index in [1.807, 2.05) is 61.2 Å². The van der Waals surface area contributed by atoms with Crippen molar-refractivity contribution in [1.82, 2.24) is 0 Å². The molecule has 0 saturated carbocycles. The van der Waals surface area contributed by atoms with Crippen molar-refractivity contribution >= 4 is 16.7 Å². The van der Waals surface area contributed by atoms with E-state index in [1.165, 1.54) is 12.1 Å². The highest BCUT2D eigenvalue weighted by molar-refractivity contribution is 5.87. The summed E-state index contributed by atoms with van der Waals surface area (Å²) in [7, 11) is 0. The Balaban J connectivity index is 1.60. The van der Waals surface area contributed by atoms with Gasteiger partial charge < -0.3 is 14.1 Å². The number of rotatable bonds is 3. The zero-order chi connectivity index (χ0) is 21.5. The molecule has 31 heavy (non-hydrogen) atoms. The summed E-state index contributed by atoms with van der Waals surface area (Å²) in [5.41, 5.74) is 5.48. The van der Waals surface area contributed by atoms with Gasteiger partial charge in [0.1, 0.15) is 17.1 Å². The molecule has 0 saturated heterocycles. The van der Waals surface area contributed by atoms with Crippen molar-refractivity contribution in [2.45, 2.75) is 26.8 Å². The molecule has 4 aromatic rings. The highest BCUT2D eigenvalue weighted by Gasteiger charge is 2.24. The normalized spacial score (nSPS) is 13.2. The molecule has 1 aliphatic rings. The zero-order valence-corrected chi connectivity index (χ0v) is 17.4. The smallest absolute Gasteiger partial charge is 0.340 e. The van der Waals surface area contributed by atoms with Crippen molar-refractivity contribution in [3.05, 3.63) is 105 Å². The molecule has 156 valence electrons. The number of halogens is 1. The summed E-state index contributed by atoms with van der Waals surface area (Å²) in [5.74, 6) is 0.458. The van der Waals surface area contributed by atoms with Gasteiger partial charge in [-0.25, -0.2) is 9.18 Å². The van der Waals surface area contributed by atoms with Crippen molar-refractivity contribution in [2.24, 2.45) is 0 Å². The lowest BCUT2D eigenvalue weighted by Gasteiger charge is -2.32. The summed E-state index contributed by atoms with van der Waals surface area (Å²) in [6, 6.07) is 18.4. The van der Waals surface area contributed by atoms with Crippen LogP contribution in [0, 0.1) is 19.7 Å². The third-order valence-electron chi connectivity index (χ3n) is 5.96. The molecule has 0 N–H and O–H groups in total. The van der Waals surface area contributed by atoms with Crippen LogP contribution in [0.15, 0.2) is 69.9 Å². The maximum absolute atomic E-state index is 13.7. The predicted molar refractivity (Wildman–Crippen MR) is 119 cm³/mol. The number of hydrogen-bond donors (Lipinski definition) is 0. The fourth-order valence-electron chi connectivity index (χ4n) is 4.29. The lowest BCUT2D eigenvalue weighted by molar-refractivity contribution is 0.287. The largest absolute Gasteiger partial charge is 0.472 e. The van der Waals surface area contributed by atoms with Crippen LogP contribution in [-0.4, -0.2) is 6.73 Å². The van der Waals surface area contributed by atoms with Gasteiger partial charge in [-0.05, 0) is 49.2 Å². The van der Waals surface area contributed by atoms with Crippen LogP contribution < -0.4 is 15.3 Å². The molecule has 0 bridgehead atoms. The van der Waals surface area contributed by atoms with E-state index in [2.05, 4.69) is 0 Å². The number of nitrogens with zero attached hydrogens (tertiary/aromatic N) is 1. The molecule has 1 aliphatic heterocycles. The Morgan fingerprint density at radius 3 is 2.58 bits per heavy atom. The molecule has 0 aliphatic carbocycles. The lowest BCUT2D eigenvalue weighted by atomic mass is 9.96. The Bertz CT molecular complexity index is 1340. The van der Waals surface area contributed by atoms with Crippen LogP contribution in [0.2, 0.25) is 0 Å². The van der Waals surface area contributed by atoms with Gasteiger partial charge in [-0.3, -0.25) is 0 Å². The van der Waals surface area contributed by atoms with Gasteiger partial charge in [-0.2, -0.15) is 0 Å². The van der Waals surface area contributed by atoms with Crippen LogP contribution in [0.3, 0.4) is 0 Å². The number of benzene rings is 3. The quantitative estimate of drug-likeness (QED) is 0.415. The first-order valence-corrected chi connectivity index (χ1v) is 10.3. The van der Waals surface area contributed by atoms with Crippen LogP contribution in [0.5, 0.6) is 5.75 Å². The summed E-state index contributed by atoms with van der Waals surface area (Å²) < 4.78 is 25.5. The summed E-state index contributed by atoms with van der Waals surface area (Å²) in [5, 5.41) is 0.909. The van der Waals surface area contributed by atoms with E-state index in [-0.39, 0.29) is 11.4 Å². The molecule has 0 amide bonds. The Kier molecular flexibility index (Phi) is 4.74. The first-order chi connectivity index (χ1) is 15.0. The molecule has 0 spiro atoms. The van der Waals surface area contributed by atoms with Crippen LogP contribution in [0.25, 0.3) is 11.0 Å². The van der Waals surface area contributed by atoms with Crippen molar-refractivity contribution < 1.29 is 13.5 Å². The SMILES string of the molecule is Cc1c(Cc2ccccc2)c(=O)oc2c(C)c3c(cc12)CN(c1cccc(F)c1)CO3. The maximum atomic E-state index is 13.7. The lowest BCUT2D eigenvalue weighted by Crippen LogP contribution is -2.32. The van der Waals surface area contributed by atoms with Gasteiger partial charge in [0.25, 0.3) is 0 Å². The first kappa shape index (κ1) is 19.4. The number of fused-ring (bicyclic) bond motifs is 2. The average Bonchev–Trinajstić information content (AvgIpc) is 2.78. The molecule has 1 aromatic heterocycles. The monoisotopic (exact) mass is 415 g/mol. The third kappa shape index (κ3) is 3.46. The summed E-state index contributed by atoms with van der Waals surface area (Å²) >= 11 is 0. The number of hydrogen-bond acceptors (Lipinski definition) is 4. The predicted octanol–water partition coefficient (Wildman–Crippen LogP) is 5.50. The number of ether oxygens (including phenoxy) is 1. The van der Waals surface area contributed by atoms with E-state index in [9.17, 15) is 9.18 Å². The Hall–Kier alpha value is -3.60. The summed E-state index contributed by atoms with van der Waals surface area (Å²) in [6.45, 7) is 4.77. The first-order valence-electron chi connectivity index (χ1n) is 10.3. The number of anilines is 1. The minimum Gasteiger partial charge on any atom is -0.472 e. The highest BCUT2D eigenvalue weighted by Crippen LogP contribution is 2.37. The maximum Gasteiger partial charge on any atom is 0.340 e.